The Morgan fingerprint density at radius 2 is 1.58 bits per heavy atom. The van der Waals surface area contributed by atoms with Gasteiger partial charge in [0, 0.05) is 5.56 Å². The monoisotopic (exact) mass is 250 g/mol. The average molecular weight is 250 g/mol. The second-order valence-electron chi connectivity index (χ2n) is 4.23. The van der Waals surface area contributed by atoms with Gasteiger partial charge in [-0.2, -0.15) is 0 Å². The Balaban J connectivity index is 2.02. The van der Waals surface area contributed by atoms with Crippen LogP contribution in [0.4, 0.5) is 0 Å². The third kappa shape index (κ3) is 4.33. The maximum Gasteiger partial charge on any atom is 0.315 e. The Morgan fingerprint density at radius 3 is 2.21 bits per heavy atom. The zero-order chi connectivity index (χ0) is 13.5. The Morgan fingerprint density at radius 1 is 0.947 bits per heavy atom. The van der Waals surface area contributed by atoms with Gasteiger partial charge in [-0.1, -0.05) is 54.3 Å². The standard InChI is InChI=1S/C17H14O2/c18-17(19)8-4-7-14-9-11-16(12-10-14)13-15-5-2-1-3-6-15/h1-3,5-6,9-12H,8,13H2,(H,18,19). The Kier molecular flexibility index (Phi) is 4.36. The molecule has 0 aliphatic carbocycles. The van der Waals surface area contributed by atoms with Crippen molar-refractivity contribution in [2.45, 2.75) is 12.8 Å². The third-order valence-corrected chi connectivity index (χ3v) is 2.68. The van der Waals surface area contributed by atoms with Gasteiger partial charge in [-0.3, -0.25) is 4.79 Å². The van der Waals surface area contributed by atoms with Gasteiger partial charge in [0.05, 0.1) is 0 Å². The molecule has 0 amide bonds. The first-order chi connectivity index (χ1) is 9.24. The van der Waals surface area contributed by atoms with Crippen molar-refractivity contribution in [3.05, 3.63) is 71.3 Å². The van der Waals surface area contributed by atoms with Crippen molar-refractivity contribution in [3.63, 3.8) is 0 Å². The van der Waals surface area contributed by atoms with E-state index in [9.17, 15) is 4.79 Å². The van der Waals surface area contributed by atoms with Crippen molar-refractivity contribution in [1.29, 1.82) is 0 Å². The minimum absolute atomic E-state index is 0.119. The molecule has 0 heterocycles. The van der Waals surface area contributed by atoms with E-state index in [0.29, 0.717) is 0 Å². The summed E-state index contributed by atoms with van der Waals surface area (Å²) in [7, 11) is 0. The fraction of sp³-hybridized carbons (Fsp3) is 0.118. The number of rotatable bonds is 3. The van der Waals surface area contributed by atoms with Gasteiger partial charge in [-0.25, -0.2) is 0 Å². The molecule has 0 unspecified atom stereocenters. The highest BCUT2D eigenvalue weighted by atomic mass is 16.4. The van der Waals surface area contributed by atoms with Crippen molar-refractivity contribution >= 4 is 5.97 Å². The molecule has 0 atom stereocenters. The van der Waals surface area contributed by atoms with Gasteiger partial charge in [0.2, 0.25) is 0 Å². The van der Waals surface area contributed by atoms with E-state index in [2.05, 4.69) is 24.0 Å². The number of aliphatic carboxylic acids is 1. The fourth-order valence-corrected chi connectivity index (χ4v) is 1.76. The Labute approximate surface area is 112 Å². The molecule has 0 aliphatic rings. The lowest BCUT2D eigenvalue weighted by Crippen LogP contribution is -1.90. The highest BCUT2D eigenvalue weighted by Gasteiger charge is 1.96. The van der Waals surface area contributed by atoms with E-state index in [0.717, 1.165) is 12.0 Å². The normalized spacial score (nSPS) is 9.47. The number of carboxylic acid groups (broad SMARTS) is 1. The number of hydrogen-bond acceptors (Lipinski definition) is 1. The van der Waals surface area contributed by atoms with Crippen LogP contribution in [0.25, 0.3) is 0 Å². The van der Waals surface area contributed by atoms with Crippen LogP contribution in [0, 0.1) is 11.8 Å². The molecule has 0 fully saturated rings. The van der Waals surface area contributed by atoms with E-state index in [1.54, 1.807) is 0 Å². The zero-order valence-corrected chi connectivity index (χ0v) is 10.5. The lowest BCUT2D eigenvalue weighted by Gasteiger charge is -2.01. The molecule has 2 heteroatoms. The van der Waals surface area contributed by atoms with E-state index in [1.165, 1.54) is 11.1 Å². The minimum Gasteiger partial charge on any atom is -0.481 e. The van der Waals surface area contributed by atoms with E-state index in [4.69, 9.17) is 5.11 Å². The predicted molar refractivity (Wildman–Crippen MR) is 74.8 cm³/mol. The van der Waals surface area contributed by atoms with Crippen LogP contribution in [0.1, 0.15) is 23.1 Å². The number of hydrogen-bond donors (Lipinski definition) is 1. The van der Waals surface area contributed by atoms with Crippen molar-refractivity contribution < 1.29 is 9.90 Å². The molecule has 0 spiro atoms. The summed E-state index contributed by atoms with van der Waals surface area (Å²) in [5.41, 5.74) is 3.33. The SMILES string of the molecule is O=C(O)CC#Cc1ccc(Cc2ccccc2)cc1. The average Bonchev–Trinajstić information content (AvgIpc) is 2.42. The molecule has 0 saturated heterocycles. The van der Waals surface area contributed by atoms with E-state index < -0.39 is 5.97 Å². The van der Waals surface area contributed by atoms with Gasteiger partial charge in [0.1, 0.15) is 6.42 Å². The molecular weight excluding hydrogens is 236 g/mol. The summed E-state index contributed by atoms with van der Waals surface area (Å²) in [4.78, 5) is 10.3. The van der Waals surface area contributed by atoms with Crippen molar-refractivity contribution in [2.24, 2.45) is 0 Å². The highest BCUT2D eigenvalue weighted by molar-refractivity contribution is 5.70. The number of carboxylic acids is 1. The molecule has 0 bridgehead atoms. The van der Waals surface area contributed by atoms with Crippen LogP contribution in [-0.4, -0.2) is 11.1 Å². The topological polar surface area (TPSA) is 37.3 Å². The molecule has 0 aromatic heterocycles. The van der Waals surface area contributed by atoms with Crippen LogP contribution in [0.2, 0.25) is 0 Å². The van der Waals surface area contributed by atoms with Crippen molar-refractivity contribution in [2.75, 3.05) is 0 Å². The summed E-state index contributed by atoms with van der Waals surface area (Å²) in [5, 5.41) is 8.50. The van der Waals surface area contributed by atoms with Crippen molar-refractivity contribution in [3.8, 4) is 11.8 Å². The molecule has 94 valence electrons. The molecule has 19 heavy (non-hydrogen) atoms. The molecule has 1 N–H and O–H groups in total. The van der Waals surface area contributed by atoms with Gasteiger partial charge in [0.25, 0.3) is 0 Å². The highest BCUT2D eigenvalue weighted by Crippen LogP contribution is 2.10. The quantitative estimate of drug-likeness (QED) is 0.850. The van der Waals surface area contributed by atoms with E-state index in [-0.39, 0.29) is 6.42 Å². The number of benzene rings is 2. The van der Waals surface area contributed by atoms with Gasteiger partial charge >= 0.3 is 5.97 Å². The van der Waals surface area contributed by atoms with Gasteiger partial charge in [-0.05, 0) is 29.7 Å². The van der Waals surface area contributed by atoms with Crippen LogP contribution < -0.4 is 0 Å². The molecular formula is C17H14O2. The van der Waals surface area contributed by atoms with Gasteiger partial charge in [-0.15, -0.1) is 0 Å². The maximum absolute atomic E-state index is 10.3. The summed E-state index contributed by atoms with van der Waals surface area (Å²) < 4.78 is 0. The fourth-order valence-electron chi connectivity index (χ4n) is 1.76. The predicted octanol–water partition coefficient (Wildman–Crippen LogP) is 3.10. The third-order valence-electron chi connectivity index (χ3n) is 2.68. The van der Waals surface area contributed by atoms with Crippen LogP contribution in [0.5, 0.6) is 0 Å². The Bertz CT molecular complexity index is 601. The zero-order valence-electron chi connectivity index (χ0n) is 10.5. The summed E-state index contributed by atoms with van der Waals surface area (Å²) in [6, 6.07) is 18.2. The lowest BCUT2D eigenvalue weighted by atomic mass is 10.0. The second kappa shape index (κ2) is 6.42. The largest absolute Gasteiger partial charge is 0.481 e. The first-order valence-electron chi connectivity index (χ1n) is 6.07. The lowest BCUT2D eigenvalue weighted by molar-refractivity contribution is -0.135. The van der Waals surface area contributed by atoms with Crippen LogP contribution >= 0.6 is 0 Å². The number of carbonyl (C=O) groups is 1. The molecule has 2 aromatic rings. The first-order valence-corrected chi connectivity index (χ1v) is 6.07. The second-order valence-corrected chi connectivity index (χ2v) is 4.23. The van der Waals surface area contributed by atoms with Crippen LogP contribution in [-0.2, 0) is 11.2 Å². The molecule has 2 rings (SSSR count). The van der Waals surface area contributed by atoms with Crippen LogP contribution in [0.15, 0.2) is 54.6 Å². The molecule has 0 radical (unpaired) electrons. The first kappa shape index (κ1) is 12.9. The molecule has 0 aliphatic heterocycles. The summed E-state index contributed by atoms with van der Waals surface area (Å²) >= 11 is 0. The maximum atomic E-state index is 10.3. The Hall–Kier alpha value is -2.53. The van der Waals surface area contributed by atoms with Gasteiger partial charge < -0.3 is 5.11 Å². The summed E-state index contributed by atoms with van der Waals surface area (Å²) in [5.74, 6) is 4.56. The van der Waals surface area contributed by atoms with Gasteiger partial charge in [0.15, 0.2) is 0 Å². The summed E-state index contributed by atoms with van der Waals surface area (Å²) in [6.07, 6.45) is 0.773. The van der Waals surface area contributed by atoms with E-state index in [1.807, 2.05) is 42.5 Å². The summed E-state index contributed by atoms with van der Waals surface area (Å²) in [6.45, 7) is 0. The van der Waals surface area contributed by atoms with Crippen molar-refractivity contribution in [1.82, 2.24) is 0 Å². The molecule has 2 aromatic carbocycles. The molecule has 0 saturated carbocycles. The van der Waals surface area contributed by atoms with E-state index >= 15 is 0 Å². The van der Waals surface area contributed by atoms with Crippen LogP contribution in [0.3, 0.4) is 0 Å². The minimum atomic E-state index is -0.895. The smallest absolute Gasteiger partial charge is 0.315 e. The molecule has 2 nitrogen and oxygen atoms in total.